The number of aromatic nitrogens is 1. The van der Waals surface area contributed by atoms with E-state index in [-0.39, 0.29) is 5.69 Å². The van der Waals surface area contributed by atoms with Crippen molar-refractivity contribution >= 4 is 11.5 Å². The molecule has 0 aliphatic rings. The normalized spacial score (nSPS) is 10.3. The van der Waals surface area contributed by atoms with E-state index in [2.05, 4.69) is 5.16 Å². The third-order valence-electron chi connectivity index (χ3n) is 2.28. The van der Waals surface area contributed by atoms with Gasteiger partial charge in [-0.25, -0.2) is 0 Å². The molecule has 2 aromatic rings. The van der Waals surface area contributed by atoms with Gasteiger partial charge in [0.15, 0.2) is 11.6 Å². The van der Waals surface area contributed by atoms with Gasteiger partial charge in [0, 0.05) is 23.3 Å². The molecule has 6 heteroatoms. The molecule has 0 spiro atoms. The van der Waals surface area contributed by atoms with Crippen molar-refractivity contribution in [3.05, 3.63) is 39.9 Å². The van der Waals surface area contributed by atoms with Crippen molar-refractivity contribution in [1.29, 1.82) is 0 Å². The first-order valence-corrected chi connectivity index (χ1v) is 4.56. The van der Waals surface area contributed by atoms with Gasteiger partial charge < -0.3 is 10.3 Å². The minimum absolute atomic E-state index is 0.00636. The second-order valence-corrected chi connectivity index (χ2v) is 3.33. The highest BCUT2D eigenvalue weighted by Crippen LogP contribution is 2.28. The molecule has 0 saturated carbocycles. The Morgan fingerprint density at radius 3 is 2.81 bits per heavy atom. The minimum Gasteiger partial charge on any atom is -0.381 e. The van der Waals surface area contributed by atoms with Gasteiger partial charge >= 0.3 is 0 Å². The van der Waals surface area contributed by atoms with Crippen LogP contribution >= 0.6 is 0 Å². The first-order chi connectivity index (χ1) is 7.59. The van der Waals surface area contributed by atoms with Crippen LogP contribution in [0.2, 0.25) is 0 Å². The highest BCUT2D eigenvalue weighted by Gasteiger charge is 2.14. The van der Waals surface area contributed by atoms with Crippen LogP contribution in [0.15, 0.2) is 28.8 Å². The van der Waals surface area contributed by atoms with E-state index < -0.39 is 4.92 Å². The molecule has 6 nitrogen and oxygen atoms in total. The fraction of sp³-hybridized carbons (Fsp3) is 0.100. The van der Waals surface area contributed by atoms with Crippen molar-refractivity contribution in [3.8, 4) is 11.3 Å². The maximum absolute atomic E-state index is 10.6. The van der Waals surface area contributed by atoms with E-state index in [1.54, 1.807) is 19.1 Å². The van der Waals surface area contributed by atoms with Crippen LogP contribution in [-0.2, 0) is 0 Å². The average Bonchev–Trinajstić information content (AvgIpc) is 2.60. The Balaban J connectivity index is 2.52. The predicted octanol–water partition coefficient (Wildman–Crippen LogP) is 2.14. The van der Waals surface area contributed by atoms with Crippen LogP contribution in [0.4, 0.5) is 11.5 Å². The maximum atomic E-state index is 10.6. The number of anilines is 1. The fourth-order valence-electron chi connectivity index (χ4n) is 1.38. The number of nitrogens with two attached hydrogens (primary N) is 1. The Bertz CT molecular complexity index is 548. The molecule has 0 aliphatic carbocycles. The van der Waals surface area contributed by atoms with Crippen molar-refractivity contribution in [3.63, 3.8) is 0 Å². The van der Waals surface area contributed by atoms with E-state index in [4.69, 9.17) is 10.3 Å². The molecule has 82 valence electrons. The Morgan fingerprint density at radius 1 is 1.50 bits per heavy atom. The Kier molecular flexibility index (Phi) is 2.32. The topological polar surface area (TPSA) is 95.2 Å². The Hall–Kier alpha value is -2.37. The number of nitro groups is 1. The van der Waals surface area contributed by atoms with E-state index in [1.807, 2.05) is 0 Å². The number of hydrogen-bond donors (Lipinski definition) is 1. The zero-order chi connectivity index (χ0) is 11.7. The molecule has 0 unspecified atom stereocenters. The van der Waals surface area contributed by atoms with Crippen LogP contribution < -0.4 is 5.73 Å². The smallest absolute Gasteiger partial charge is 0.270 e. The number of rotatable bonds is 2. The van der Waals surface area contributed by atoms with Crippen LogP contribution in [0.5, 0.6) is 0 Å². The molecule has 0 amide bonds. The van der Waals surface area contributed by atoms with E-state index in [0.29, 0.717) is 22.7 Å². The van der Waals surface area contributed by atoms with Gasteiger partial charge in [-0.1, -0.05) is 17.3 Å². The lowest BCUT2D eigenvalue weighted by Gasteiger charge is -1.97. The monoisotopic (exact) mass is 219 g/mol. The molecular weight excluding hydrogens is 210 g/mol. The molecule has 0 fully saturated rings. The first kappa shape index (κ1) is 10.2. The lowest BCUT2D eigenvalue weighted by atomic mass is 10.1. The van der Waals surface area contributed by atoms with Crippen molar-refractivity contribution in [1.82, 2.24) is 5.16 Å². The number of non-ortho nitro benzene ring substituents is 1. The van der Waals surface area contributed by atoms with Gasteiger partial charge in [-0.3, -0.25) is 10.1 Å². The number of nitrogens with zero attached hydrogens (tertiary/aromatic N) is 2. The zero-order valence-corrected chi connectivity index (χ0v) is 8.51. The van der Waals surface area contributed by atoms with Gasteiger partial charge in [-0.15, -0.1) is 0 Å². The molecule has 0 bridgehead atoms. The predicted molar refractivity (Wildman–Crippen MR) is 57.7 cm³/mol. The lowest BCUT2D eigenvalue weighted by molar-refractivity contribution is -0.384. The molecular formula is C10H9N3O3. The van der Waals surface area contributed by atoms with Crippen LogP contribution in [0.3, 0.4) is 0 Å². The molecule has 0 radical (unpaired) electrons. The van der Waals surface area contributed by atoms with E-state index in [0.717, 1.165) is 0 Å². The maximum Gasteiger partial charge on any atom is 0.270 e. The van der Waals surface area contributed by atoms with Gasteiger partial charge in [-0.05, 0) is 6.92 Å². The summed E-state index contributed by atoms with van der Waals surface area (Å²) in [6.45, 7) is 1.75. The molecule has 16 heavy (non-hydrogen) atoms. The summed E-state index contributed by atoms with van der Waals surface area (Å²) < 4.78 is 5.02. The first-order valence-electron chi connectivity index (χ1n) is 4.56. The number of hydrogen-bond acceptors (Lipinski definition) is 5. The molecule has 0 aliphatic heterocycles. The van der Waals surface area contributed by atoms with Gasteiger partial charge in [0.1, 0.15) is 0 Å². The van der Waals surface area contributed by atoms with Crippen molar-refractivity contribution in [2.24, 2.45) is 0 Å². The quantitative estimate of drug-likeness (QED) is 0.616. The minimum atomic E-state index is -0.460. The van der Waals surface area contributed by atoms with E-state index in [1.165, 1.54) is 12.1 Å². The van der Waals surface area contributed by atoms with Crippen LogP contribution in [0.25, 0.3) is 11.3 Å². The molecule has 1 aromatic carbocycles. The molecule has 2 N–H and O–H groups in total. The van der Waals surface area contributed by atoms with E-state index >= 15 is 0 Å². The second kappa shape index (κ2) is 3.65. The molecule has 0 atom stereocenters. The average molecular weight is 219 g/mol. The largest absolute Gasteiger partial charge is 0.381 e. The summed E-state index contributed by atoms with van der Waals surface area (Å²) in [6.07, 6.45) is 0. The highest BCUT2D eigenvalue weighted by molar-refractivity contribution is 5.67. The summed E-state index contributed by atoms with van der Waals surface area (Å²) in [5, 5.41) is 14.2. The third-order valence-corrected chi connectivity index (χ3v) is 2.28. The standard InChI is InChI=1S/C10H9N3O3/c1-6-9(16-12-10(6)11)7-3-2-4-8(5-7)13(14)15/h2-5H,1H3,(H2,11,12). The Morgan fingerprint density at radius 2 is 2.25 bits per heavy atom. The molecule has 0 saturated heterocycles. The molecule has 1 heterocycles. The summed E-state index contributed by atoms with van der Waals surface area (Å²) in [7, 11) is 0. The van der Waals surface area contributed by atoms with Crippen LogP contribution in [-0.4, -0.2) is 10.1 Å². The number of nitro benzene ring substituents is 1. The molecule has 1 aromatic heterocycles. The summed E-state index contributed by atoms with van der Waals surface area (Å²) in [6, 6.07) is 6.14. The van der Waals surface area contributed by atoms with Crippen LogP contribution in [0, 0.1) is 17.0 Å². The Labute approximate surface area is 90.8 Å². The SMILES string of the molecule is Cc1c(N)noc1-c1cccc([N+](=O)[O-])c1. The number of benzene rings is 1. The van der Waals surface area contributed by atoms with Crippen LogP contribution in [0.1, 0.15) is 5.56 Å². The summed E-state index contributed by atoms with van der Waals surface area (Å²) in [5.74, 6) is 0.753. The van der Waals surface area contributed by atoms with Crippen molar-refractivity contribution in [2.45, 2.75) is 6.92 Å². The third kappa shape index (κ3) is 1.60. The highest BCUT2D eigenvalue weighted by atomic mass is 16.6. The fourth-order valence-corrected chi connectivity index (χ4v) is 1.38. The van der Waals surface area contributed by atoms with Gasteiger partial charge in [0.05, 0.1) is 4.92 Å². The van der Waals surface area contributed by atoms with Gasteiger partial charge in [0.25, 0.3) is 5.69 Å². The second-order valence-electron chi connectivity index (χ2n) is 3.33. The number of nitrogen functional groups attached to an aromatic ring is 1. The summed E-state index contributed by atoms with van der Waals surface area (Å²) in [4.78, 5) is 10.1. The van der Waals surface area contributed by atoms with Gasteiger partial charge in [0.2, 0.25) is 0 Å². The summed E-state index contributed by atoms with van der Waals surface area (Å²) in [5.41, 5.74) is 6.82. The molecule has 2 rings (SSSR count). The lowest BCUT2D eigenvalue weighted by Crippen LogP contribution is -1.89. The van der Waals surface area contributed by atoms with Gasteiger partial charge in [-0.2, -0.15) is 0 Å². The zero-order valence-electron chi connectivity index (χ0n) is 8.51. The van der Waals surface area contributed by atoms with Crippen molar-refractivity contribution < 1.29 is 9.45 Å². The van der Waals surface area contributed by atoms with Crippen molar-refractivity contribution in [2.75, 3.05) is 5.73 Å². The summed E-state index contributed by atoms with van der Waals surface area (Å²) >= 11 is 0. The van der Waals surface area contributed by atoms with E-state index in [9.17, 15) is 10.1 Å².